The number of amides is 3. The highest BCUT2D eigenvalue weighted by Crippen LogP contribution is 2.25. The number of rotatable bonds is 4. The molecule has 5 nitrogen and oxygen atoms in total. The van der Waals surface area contributed by atoms with E-state index in [0.29, 0.717) is 10.0 Å². The lowest BCUT2D eigenvalue weighted by molar-refractivity contribution is -0.119. The van der Waals surface area contributed by atoms with Gasteiger partial charge in [0, 0.05) is 21.6 Å². The number of imide groups is 1. The van der Waals surface area contributed by atoms with E-state index in [4.69, 9.17) is 23.2 Å². The highest BCUT2D eigenvalue weighted by atomic mass is 35.5. The minimum absolute atomic E-state index is 0.00230. The summed E-state index contributed by atoms with van der Waals surface area (Å²) in [4.78, 5) is 23.3. The third-order valence-electron chi connectivity index (χ3n) is 2.74. The van der Waals surface area contributed by atoms with Gasteiger partial charge in [-0.1, -0.05) is 29.3 Å². The number of halogens is 2. The Balaban J connectivity index is 2.48. The van der Waals surface area contributed by atoms with Crippen LogP contribution in [0.15, 0.2) is 18.2 Å². The Morgan fingerprint density at radius 1 is 1.23 bits per heavy atom. The van der Waals surface area contributed by atoms with Gasteiger partial charge in [0.15, 0.2) is 0 Å². The molecule has 0 radical (unpaired) electrons. The van der Waals surface area contributed by atoms with Crippen LogP contribution >= 0.6 is 23.2 Å². The van der Waals surface area contributed by atoms with Crippen LogP contribution in [0.1, 0.15) is 39.3 Å². The first-order valence-electron chi connectivity index (χ1n) is 6.89. The number of urea groups is 1. The monoisotopic (exact) mass is 345 g/mol. The van der Waals surface area contributed by atoms with Crippen molar-refractivity contribution in [3.8, 4) is 0 Å². The van der Waals surface area contributed by atoms with Crippen LogP contribution in [0.2, 0.25) is 10.0 Å². The molecule has 0 bridgehead atoms. The summed E-state index contributed by atoms with van der Waals surface area (Å²) in [7, 11) is 0. The molecule has 0 fully saturated rings. The maximum absolute atomic E-state index is 11.7. The predicted octanol–water partition coefficient (Wildman–Crippen LogP) is 3.27. The molecule has 0 saturated heterocycles. The largest absolute Gasteiger partial charge is 0.333 e. The van der Waals surface area contributed by atoms with Gasteiger partial charge in [-0.05, 0) is 45.4 Å². The zero-order valence-corrected chi connectivity index (χ0v) is 14.6. The van der Waals surface area contributed by atoms with E-state index < -0.39 is 17.5 Å². The fourth-order valence-corrected chi connectivity index (χ4v) is 2.32. The average Bonchev–Trinajstić information content (AvgIpc) is 2.33. The van der Waals surface area contributed by atoms with Gasteiger partial charge in [-0.25, -0.2) is 4.79 Å². The van der Waals surface area contributed by atoms with Crippen molar-refractivity contribution in [3.63, 3.8) is 0 Å². The first kappa shape index (κ1) is 18.7. The summed E-state index contributed by atoms with van der Waals surface area (Å²) in [5.74, 6) is -0.418. The van der Waals surface area contributed by atoms with Crippen LogP contribution in [0, 0.1) is 0 Å². The molecule has 0 heterocycles. The van der Waals surface area contributed by atoms with Gasteiger partial charge < -0.3 is 10.6 Å². The first-order chi connectivity index (χ1) is 10.1. The second kappa shape index (κ2) is 7.81. The van der Waals surface area contributed by atoms with E-state index in [9.17, 15) is 9.59 Å². The summed E-state index contributed by atoms with van der Waals surface area (Å²) in [6, 6.07) is 4.51. The van der Waals surface area contributed by atoms with Crippen molar-refractivity contribution in [2.75, 3.05) is 6.54 Å². The van der Waals surface area contributed by atoms with Gasteiger partial charge in [0.1, 0.15) is 0 Å². The molecule has 1 rings (SSSR count). The Morgan fingerprint density at radius 2 is 1.86 bits per heavy atom. The molecule has 1 aromatic carbocycles. The molecule has 0 spiro atoms. The van der Waals surface area contributed by atoms with Crippen LogP contribution in [0.3, 0.4) is 0 Å². The molecule has 0 aliphatic heterocycles. The molecule has 1 atom stereocenters. The molecular weight excluding hydrogens is 325 g/mol. The van der Waals surface area contributed by atoms with E-state index in [0.717, 1.165) is 5.56 Å². The van der Waals surface area contributed by atoms with E-state index in [2.05, 4.69) is 16.0 Å². The molecule has 1 aromatic rings. The molecule has 22 heavy (non-hydrogen) atoms. The molecule has 122 valence electrons. The Bertz CT molecular complexity index is 556. The lowest BCUT2D eigenvalue weighted by atomic mass is 10.1. The van der Waals surface area contributed by atoms with Crippen molar-refractivity contribution < 1.29 is 9.59 Å². The van der Waals surface area contributed by atoms with Gasteiger partial charge in [0.25, 0.3) is 0 Å². The first-order valence-corrected chi connectivity index (χ1v) is 7.64. The van der Waals surface area contributed by atoms with Gasteiger partial charge in [-0.3, -0.25) is 10.1 Å². The Morgan fingerprint density at radius 3 is 2.41 bits per heavy atom. The Hall–Kier alpha value is -1.30. The normalized spacial score (nSPS) is 12.6. The van der Waals surface area contributed by atoms with Crippen molar-refractivity contribution in [1.82, 2.24) is 16.0 Å². The van der Waals surface area contributed by atoms with Crippen LogP contribution in [-0.2, 0) is 4.79 Å². The third kappa shape index (κ3) is 6.64. The number of carbonyl (C=O) groups excluding carboxylic acids is 2. The van der Waals surface area contributed by atoms with Crippen molar-refractivity contribution in [2.45, 2.75) is 39.3 Å². The smallest absolute Gasteiger partial charge is 0.321 e. The van der Waals surface area contributed by atoms with Gasteiger partial charge in [-0.15, -0.1) is 0 Å². The number of nitrogens with one attached hydrogen (secondary N) is 3. The zero-order valence-electron chi connectivity index (χ0n) is 13.1. The number of carbonyl (C=O) groups is 2. The molecular formula is C15H21Cl2N3O2. The summed E-state index contributed by atoms with van der Waals surface area (Å²) in [5.41, 5.74) is 0.431. The van der Waals surface area contributed by atoms with Crippen molar-refractivity contribution >= 4 is 35.1 Å². The second-order valence-corrected chi connectivity index (χ2v) is 6.86. The summed E-state index contributed by atoms with van der Waals surface area (Å²) in [6.07, 6.45) is 0. The Labute approximate surface area is 140 Å². The van der Waals surface area contributed by atoms with Crippen LogP contribution in [-0.4, -0.2) is 24.0 Å². The summed E-state index contributed by atoms with van der Waals surface area (Å²) in [5, 5.41) is 9.00. The lowest BCUT2D eigenvalue weighted by Gasteiger charge is -2.20. The average molecular weight is 346 g/mol. The van der Waals surface area contributed by atoms with Crippen molar-refractivity contribution in [3.05, 3.63) is 33.8 Å². The minimum Gasteiger partial charge on any atom is -0.333 e. The van der Waals surface area contributed by atoms with E-state index in [1.54, 1.807) is 18.2 Å². The molecule has 3 N–H and O–H groups in total. The van der Waals surface area contributed by atoms with Crippen molar-refractivity contribution in [2.24, 2.45) is 0 Å². The fourth-order valence-electron chi connectivity index (χ4n) is 1.75. The lowest BCUT2D eigenvalue weighted by Crippen LogP contribution is -2.50. The maximum atomic E-state index is 11.7. The number of hydrogen-bond acceptors (Lipinski definition) is 3. The zero-order chi connectivity index (χ0) is 16.9. The predicted molar refractivity (Wildman–Crippen MR) is 89.3 cm³/mol. The van der Waals surface area contributed by atoms with E-state index in [1.807, 2.05) is 27.7 Å². The van der Waals surface area contributed by atoms with Crippen LogP contribution in [0.25, 0.3) is 0 Å². The van der Waals surface area contributed by atoms with Gasteiger partial charge in [-0.2, -0.15) is 0 Å². The molecule has 0 aliphatic carbocycles. The van der Waals surface area contributed by atoms with Crippen LogP contribution in [0.5, 0.6) is 0 Å². The number of benzene rings is 1. The molecule has 0 aliphatic rings. The Kier molecular flexibility index (Phi) is 6.66. The highest BCUT2D eigenvalue weighted by Gasteiger charge is 2.16. The molecule has 3 amide bonds. The van der Waals surface area contributed by atoms with E-state index in [1.165, 1.54) is 0 Å². The minimum atomic E-state index is -0.517. The molecule has 0 saturated carbocycles. The fraction of sp³-hybridized carbons (Fsp3) is 0.467. The summed E-state index contributed by atoms with van der Waals surface area (Å²) < 4.78 is 0. The third-order valence-corrected chi connectivity index (χ3v) is 3.30. The van der Waals surface area contributed by atoms with Crippen LogP contribution in [0.4, 0.5) is 4.79 Å². The topological polar surface area (TPSA) is 70.2 Å². The summed E-state index contributed by atoms with van der Waals surface area (Å²) >= 11 is 12.0. The molecule has 0 unspecified atom stereocenters. The van der Waals surface area contributed by atoms with E-state index >= 15 is 0 Å². The van der Waals surface area contributed by atoms with Crippen molar-refractivity contribution in [1.29, 1.82) is 0 Å². The van der Waals surface area contributed by atoms with E-state index in [-0.39, 0.29) is 12.6 Å². The molecule has 7 heteroatoms. The molecule has 0 aromatic heterocycles. The van der Waals surface area contributed by atoms with Gasteiger partial charge >= 0.3 is 6.03 Å². The standard InChI is InChI=1S/C15H21Cl2N3O2/c1-9(11-6-5-10(16)7-12(11)17)18-8-13(21)19-14(22)20-15(2,3)4/h5-7,9,18H,8H2,1-4H3,(H2,19,20,21,22)/t9-/m0/s1. The second-order valence-electron chi connectivity index (χ2n) is 6.02. The number of hydrogen-bond donors (Lipinski definition) is 3. The highest BCUT2D eigenvalue weighted by molar-refractivity contribution is 6.35. The summed E-state index contributed by atoms with van der Waals surface area (Å²) in [6.45, 7) is 7.37. The van der Waals surface area contributed by atoms with Crippen LogP contribution < -0.4 is 16.0 Å². The van der Waals surface area contributed by atoms with Gasteiger partial charge in [0.2, 0.25) is 5.91 Å². The SMILES string of the molecule is C[C@H](NCC(=O)NC(=O)NC(C)(C)C)c1ccc(Cl)cc1Cl. The maximum Gasteiger partial charge on any atom is 0.321 e. The quantitative estimate of drug-likeness (QED) is 0.784. The van der Waals surface area contributed by atoms with Gasteiger partial charge in [0.05, 0.1) is 6.54 Å².